The van der Waals surface area contributed by atoms with Gasteiger partial charge in [-0.15, -0.1) is 29.4 Å². The fraction of sp³-hybridized carbons (Fsp3) is 0.455. The molecular weight excluding hydrogens is 342 g/mol. The van der Waals surface area contributed by atoms with Crippen LogP contribution < -0.4 is 0 Å². The zero-order chi connectivity index (χ0) is 17.3. The summed E-state index contributed by atoms with van der Waals surface area (Å²) in [6, 6.07) is 15.3. The van der Waals surface area contributed by atoms with Gasteiger partial charge in [-0.1, -0.05) is 48.4 Å². The van der Waals surface area contributed by atoms with Crippen LogP contribution >= 0.6 is 23.5 Å². The predicted octanol–water partition coefficient (Wildman–Crippen LogP) is 5.29. The molecule has 1 aliphatic rings. The van der Waals surface area contributed by atoms with E-state index in [0.717, 1.165) is 30.5 Å². The quantitative estimate of drug-likeness (QED) is 0.637. The van der Waals surface area contributed by atoms with Crippen LogP contribution in [-0.4, -0.2) is 41.1 Å². The molecule has 0 aliphatic carbocycles. The second-order valence-corrected chi connectivity index (χ2v) is 9.46. The number of likely N-dealkylation sites (N-methyl/N-ethyl adjacent to an activating group) is 1. The lowest BCUT2D eigenvalue weighted by molar-refractivity contribution is 0.381. The van der Waals surface area contributed by atoms with Crippen LogP contribution in [0.5, 0.6) is 0 Å². The smallest absolute Gasteiger partial charge is 0.0599 e. The summed E-state index contributed by atoms with van der Waals surface area (Å²) in [5, 5.41) is 2.72. The average molecular weight is 370 g/mol. The van der Waals surface area contributed by atoms with Crippen LogP contribution in [0.3, 0.4) is 0 Å². The largest absolute Gasteiger partial charge is 0.295 e. The fourth-order valence-corrected chi connectivity index (χ4v) is 5.94. The summed E-state index contributed by atoms with van der Waals surface area (Å²) in [7, 11) is 2.17. The van der Waals surface area contributed by atoms with Crippen LogP contribution in [-0.2, 0) is 6.42 Å². The van der Waals surface area contributed by atoms with Gasteiger partial charge in [-0.3, -0.25) is 4.90 Å². The lowest BCUT2D eigenvalue weighted by atomic mass is 10.0. The lowest BCUT2D eigenvalue weighted by Gasteiger charge is -2.19. The van der Waals surface area contributed by atoms with E-state index < -0.39 is 0 Å². The van der Waals surface area contributed by atoms with E-state index in [1.54, 1.807) is 0 Å². The SMILES string of the molecule is CN(CC#CCCC1SCCCS1)CCc1cccc2ccccc12. The second kappa shape index (κ2) is 10.2. The van der Waals surface area contributed by atoms with Crippen molar-refractivity contribution in [3.05, 3.63) is 48.0 Å². The van der Waals surface area contributed by atoms with Crippen LogP contribution in [0.2, 0.25) is 0 Å². The first-order chi connectivity index (χ1) is 12.3. The summed E-state index contributed by atoms with van der Waals surface area (Å²) in [5.41, 5.74) is 1.43. The zero-order valence-electron chi connectivity index (χ0n) is 15.0. The third-order valence-electron chi connectivity index (χ3n) is 4.52. The first-order valence-electron chi connectivity index (χ1n) is 9.17. The van der Waals surface area contributed by atoms with Gasteiger partial charge in [-0.2, -0.15) is 0 Å². The van der Waals surface area contributed by atoms with Gasteiger partial charge in [-0.05, 0) is 54.2 Å². The van der Waals surface area contributed by atoms with Gasteiger partial charge in [0.15, 0.2) is 0 Å². The van der Waals surface area contributed by atoms with E-state index in [9.17, 15) is 0 Å². The van der Waals surface area contributed by atoms with Gasteiger partial charge >= 0.3 is 0 Å². The highest BCUT2D eigenvalue weighted by Gasteiger charge is 2.12. The van der Waals surface area contributed by atoms with Gasteiger partial charge in [-0.25, -0.2) is 0 Å². The lowest BCUT2D eigenvalue weighted by Crippen LogP contribution is -2.21. The van der Waals surface area contributed by atoms with Crippen molar-refractivity contribution in [3.63, 3.8) is 0 Å². The van der Waals surface area contributed by atoms with Gasteiger partial charge in [0, 0.05) is 13.0 Å². The number of hydrogen-bond donors (Lipinski definition) is 0. The molecule has 3 rings (SSSR count). The molecule has 132 valence electrons. The van der Waals surface area contributed by atoms with E-state index in [1.165, 1.54) is 40.7 Å². The van der Waals surface area contributed by atoms with Crippen molar-refractivity contribution >= 4 is 34.3 Å². The minimum Gasteiger partial charge on any atom is -0.295 e. The van der Waals surface area contributed by atoms with E-state index in [-0.39, 0.29) is 0 Å². The Balaban J connectivity index is 1.40. The van der Waals surface area contributed by atoms with Gasteiger partial charge in [0.1, 0.15) is 0 Å². The van der Waals surface area contributed by atoms with Gasteiger partial charge < -0.3 is 0 Å². The van der Waals surface area contributed by atoms with Crippen molar-refractivity contribution in [3.8, 4) is 11.8 Å². The van der Waals surface area contributed by atoms with Gasteiger partial charge in [0.05, 0.1) is 11.1 Å². The molecule has 0 bridgehead atoms. The molecule has 0 spiro atoms. The zero-order valence-corrected chi connectivity index (χ0v) is 16.7. The van der Waals surface area contributed by atoms with Crippen molar-refractivity contribution < 1.29 is 0 Å². The minimum absolute atomic E-state index is 0.784. The highest BCUT2D eigenvalue weighted by molar-refractivity contribution is 8.17. The maximum Gasteiger partial charge on any atom is 0.0599 e. The Labute approximate surface area is 160 Å². The van der Waals surface area contributed by atoms with E-state index in [2.05, 4.69) is 89.8 Å². The van der Waals surface area contributed by atoms with Crippen LogP contribution in [0.1, 0.15) is 24.8 Å². The third-order valence-corrected chi connectivity index (χ3v) is 7.60. The Morgan fingerprint density at radius 3 is 2.72 bits per heavy atom. The molecule has 1 aliphatic heterocycles. The molecular formula is C22H27NS2. The molecule has 0 unspecified atom stereocenters. The topological polar surface area (TPSA) is 3.24 Å². The van der Waals surface area contributed by atoms with Crippen molar-refractivity contribution in [2.24, 2.45) is 0 Å². The number of thioether (sulfide) groups is 2. The first kappa shape index (κ1) is 18.7. The second-order valence-electron chi connectivity index (χ2n) is 6.54. The average Bonchev–Trinajstić information content (AvgIpc) is 2.67. The van der Waals surface area contributed by atoms with Crippen LogP contribution in [0.25, 0.3) is 10.8 Å². The normalized spacial score (nSPS) is 15.3. The van der Waals surface area contributed by atoms with Gasteiger partial charge in [0.25, 0.3) is 0 Å². The molecule has 1 fully saturated rings. The summed E-state index contributed by atoms with van der Waals surface area (Å²) < 4.78 is 0.784. The predicted molar refractivity (Wildman–Crippen MR) is 115 cm³/mol. The van der Waals surface area contributed by atoms with Crippen molar-refractivity contribution in [1.29, 1.82) is 0 Å². The molecule has 0 N–H and O–H groups in total. The number of benzene rings is 2. The maximum absolute atomic E-state index is 3.37. The Morgan fingerprint density at radius 2 is 1.84 bits per heavy atom. The van der Waals surface area contributed by atoms with Crippen molar-refractivity contribution in [1.82, 2.24) is 4.90 Å². The summed E-state index contributed by atoms with van der Waals surface area (Å²) in [6.07, 6.45) is 4.73. The molecule has 1 nitrogen and oxygen atoms in total. The summed E-state index contributed by atoms with van der Waals surface area (Å²) >= 11 is 4.24. The Morgan fingerprint density at radius 1 is 1.04 bits per heavy atom. The first-order valence-corrected chi connectivity index (χ1v) is 11.3. The summed E-state index contributed by atoms with van der Waals surface area (Å²) in [5.74, 6) is 9.40. The van der Waals surface area contributed by atoms with Crippen LogP contribution in [0, 0.1) is 11.8 Å². The maximum atomic E-state index is 3.37. The van der Waals surface area contributed by atoms with Crippen molar-refractivity contribution in [2.45, 2.75) is 30.3 Å². The number of nitrogens with zero attached hydrogens (tertiary/aromatic N) is 1. The Hall–Kier alpha value is -1.08. The molecule has 1 heterocycles. The standard InChI is InChI=1S/C22H27NS2/c1-23(15-6-2-3-13-22-24-17-8-18-25-22)16-14-20-11-7-10-19-9-4-5-12-21(19)20/h4-5,7,9-12,22H,3,8,13-18H2,1H3. The molecule has 0 saturated carbocycles. The highest BCUT2D eigenvalue weighted by atomic mass is 32.2. The summed E-state index contributed by atoms with van der Waals surface area (Å²) in [6.45, 7) is 1.92. The Bertz CT molecular complexity index is 720. The van der Waals surface area contributed by atoms with E-state index in [1.807, 2.05) is 0 Å². The number of rotatable bonds is 6. The monoisotopic (exact) mass is 369 g/mol. The fourth-order valence-electron chi connectivity index (χ4n) is 3.07. The minimum atomic E-state index is 0.784. The molecule has 0 amide bonds. The molecule has 0 radical (unpaired) electrons. The molecule has 0 atom stereocenters. The Kier molecular flexibility index (Phi) is 7.60. The van der Waals surface area contributed by atoms with E-state index in [4.69, 9.17) is 0 Å². The molecule has 1 saturated heterocycles. The van der Waals surface area contributed by atoms with E-state index in [0.29, 0.717) is 0 Å². The van der Waals surface area contributed by atoms with Crippen molar-refractivity contribution in [2.75, 3.05) is 31.6 Å². The third kappa shape index (κ3) is 5.99. The molecule has 2 aromatic rings. The molecule has 25 heavy (non-hydrogen) atoms. The summed E-state index contributed by atoms with van der Waals surface area (Å²) in [4.78, 5) is 2.33. The van der Waals surface area contributed by atoms with Crippen LogP contribution in [0.4, 0.5) is 0 Å². The number of hydrogen-bond acceptors (Lipinski definition) is 3. The van der Waals surface area contributed by atoms with Crippen LogP contribution in [0.15, 0.2) is 42.5 Å². The highest BCUT2D eigenvalue weighted by Crippen LogP contribution is 2.33. The van der Waals surface area contributed by atoms with Gasteiger partial charge in [0.2, 0.25) is 0 Å². The number of fused-ring (bicyclic) bond motifs is 1. The molecule has 2 aromatic carbocycles. The molecule has 0 aromatic heterocycles. The molecule has 3 heteroatoms. The van der Waals surface area contributed by atoms with E-state index >= 15 is 0 Å².